The number of benzene rings is 1. The normalized spacial score (nSPS) is 20.7. The summed E-state index contributed by atoms with van der Waals surface area (Å²) in [6, 6.07) is 5.32. The summed E-state index contributed by atoms with van der Waals surface area (Å²) < 4.78 is 0. The maximum absolute atomic E-state index is 12.1. The van der Waals surface area contributed by atoms with Crippen LogP contribution in [0.15, 0.2) is 18.2 Å². The van der Waals surface area contributed by atoms with E-state index in [1.807, 2.05) is 0 Å². The molecule has 0 aliphatic heterocycles. The fraction of sp³-hybridized carbons (Fsp3) is 0.529. The quantitative estimate of drug-likeness (QED) is 0.773. The van der Waals surface area contributed by atoms with Gasteiger partial charge in [0, 0.05) is 18.8 Å². The van der Waals surface area contributed by atoms with Gasteiger partial charge < -0.3 is 16.0 Å². The molecule has 6 heteroatoms. The van der Waals surface area contributed by atoms with Crippen LogP contribution in [0.3, 0.4) is 0 Å². The van der Waals surface area contributed by atoms with Gasteiger partial charge in [-0.2, -0.15) is 0 Å². The molecule has 0 saturated heterocycles. The maximum atomic E-state index is 12.1. The molecule has 0 spiro atoms. The van der Waals surface area contributed by atoms with Gasteiger partial charge in [0.1, 0.15) is 0 Å². The van der Waals surface area contributed by atoms with E-state index >= 15 is 0 Å². The van der Waals surface area contributed by atoms with E-state index in [4.69, 9.17) is 11.6 Å². The largest absolute Gasteiger partial charge is 0.376 e. The molecule has 0 heterocycles. The van der Waals surface area contributed by atoms with Gasteiger partial charge in [-0.25, -0.2) is 0 Å². The molecule has 1 aromatic carbocycles. The Balaban J connectivity index is 1.86. The van der Waals surface area contributed by atoms with Crippen LogP contribution in [-0.4, -0.2) is 31.4 Å². The highest BCUT2D eigenvalue weighted by atomic mass is 35.5. The van der Waals surface area contributed by atoms with Crippen LogP contribution in [-0.2, 0) is 4.79 Å². The Labute approximate surface area is 142 Å². The molecular weight excluding hydrogens is 314 g/mol. The predicted octanol–water partition coefficient (Wildman–Crippen LogP) is 2.81. The molecule has 23 heavy (non-hydrogen) atoms. The minimum absolute atomic E-state index is 0.0183. The average molecular weight is 338 g/mol. The Kier molecular flexibility index (Phi) is 6.28. The smallest absolute Gasteiger partial charge is 0.252 e. The van der Waals surface area contributed by atoms with Crippen molar-refractivity contribution < 1.29 is 9.59 Å². The van der Waals surface area contributed by atoms with Crippen LogP contribution in [0.25, 0.3) is 0 Å². The summed E-state index contributed by atoms with van der Waals surface area (Å²) >= 11 is 6.09. The lowest BCUT2D eigenvalue weighted by Crippen LogP contribution is -2.43. The minimum atomic E-state index is -0.231. The monoisotopic (exact) mass is 337 g/mol. The van der Waals surface area contributed by atoms with Gasteiger partial charge >= 0.3 is 0 Å². The van der Waals surface area contributed by atoms with Crippen molar-refractivity contribution in [2.24, 2.45) is 5.92 Å². The van der Waals surface area contributed by atoms with Crippen molar-refractivity contribution in [3.63, 3.8) is 0 Å². The first kappa shape index (κ1) is 17.6. The highest BCUT2D eigenvalue weighted by Gasteiger charge is 2.22. The van der Waals surface area contributed by atoms with E-state index in [0.29, 0.717) is 16.5 Å². The topological polar surface area (TPSA) is 70.2 Å². The zero-order chi connectivity index (χ0) is 16.8. The third kappa shape index (κ3) is 4.86. The number of rotatable bonds is 5. The Morgan fingerprint density at radius 3 is 2.65 bits per heavy atom. The first-order chi connectivity index (χ1) is 11.0. The molecule has 2 rings (SSSR count). The maximum Gasteiger partial charge on any atom is 0.252 e. The van der Waals surface area contributed by atoms with E-state index < -0.39 is 0 Å². The SMILES string of the molecule is CNC(=O)c1ccc(NCC(=O)N[C@H]2CCCC[C@H]2C)cc1Cl. The van der Waals surface area contributed by atoms with Gasteiger partial charge in [0.15, 0.2) is 0 Å². The van der Waals surface area contributed by atoms with Crippen LogP contribution in [0.1, 0.15) is 43.0 Å². The van der Waals surface area contributed by atoms with E-state index in [-0.39, 0.29) is 24.4 Å². The molecule has 1 saturated carbocycles. The van der Waals surface area contributed by atoms with Crippen LogP contribution < -0.4 is 16.0 Å². The van der Waals surface area contributed by atoms with Gasteiger partial charge in [-0.1, -0.05) is 31.4 Å². The highest BCUT2D eigenvalue weighted by Crippen LogP contribution is 2.24. The Bertz CT molecular complexity index is 577. The molecule has 126 valence electrons. The van der Waals surface area contributed by atoms with E-state index in [9.17, 15) is 9.59 Å². The summed E-state index contributed by atoms with van der Waals surface area (Å²) in [7, 11) is 1.56. The summed E-state index contributed by atoms with van der Waals surface area (Å²) in [5, 5.41) is 9.03. The van der Waals surface area contributed by atoms with Gasteiger partial charge in [-0.15, -0.1) is 0 Å². The predicted molar refractivity (Wildman–Crippen MR) is 92.9 cm³/mol. The van der Waals surface area contributed by atoms with E-state index in [2.05, 4.69) is 22.9 Å². The average Bonchev–Trinajstić information content (AvgIpc) is 2.54. The van der Waals surface area contributed by atoms with Crippen LogP contribution in [0.4, 0.5) is 5.69 Å². The second kappa shape index (κ2) is 8.20. The van der Waals surface area contributed by atoms with Crippen molar-refractivity contribution in [3.05, 3.63) is 28.8 Å². The molecule has 2 amide bonds. The molecule has 0 aromatic heterocycles. The summed E-state index contributed by atoms with van der Waals surface area (Å²) in [6.07, 6.45) is 4.66. The third-order valence-electron chi connectivity index (χ3n) is 4.35. The fourth-order valence-electron chi connectivity index (χ4n) is 2.91. The molecule has 3 N–H and O–H groups in total. The Morgan fingerprint density at radius 2 is 2.00 bits per heavy atom. The second-order valence-corrected chi connectivity index (χ2v) is 6.47. The van der Waals surface area contributed by atoms with E-state index in [0.717, 1.165) is 12.1 Å². The van der Waals surface area contributed by atoms with Crippen LogP contribution in [0.2, 0.25) is 5.02 Å². The van der Waals surface area contributed by atoms with Crippen LogP contribution in [0.5, 0.6) is 0 Å². The van der Waals surface area contributed by atoms with Gasteiger partial charge in [0.05, 0.1) is 17.1 Å². The summed E-state index contributed by atoms with van der Waals surface area (Å²) in [5.74, 6) is 0.287. The Hall–Kier alpha value is -1.75. The van der Waals surface area contributed by atoms with Gasteiger partial charge in [0.2, 0.25) is 5.91 Å². The van der Waals surface area contributed by atoms with Gasteiger partial charge in [0.25, 0.3) is 5.91 Å². The molecule has 2 atom stereocenters. The Morgan fingerprint density at radius 1 is 1.26 bits per heavy atom. The number of carbonyl (C=O) groups is 2. The van der Waals surface area contributed by atoms with Crippen molar-refractivity contribution in [2.75, 3.05) is 18.9 Å². The van der Waals surface area contributed by atoms with Crippen molar-refractivity contribution in [1.29, 1.82) is 0 Å². The molecule has 5 nitrogen and oxygen atoms in total. The van der Waals surface area contributed by atoms with E-state index in [1.165, 1.54) is 19.3 Å². The molecule has 0 radical (unpaired) electrons. The lowest BCUT2D eigenvalue weighted by Gasteiger charge is -2.29. The van der Waals surface area contributed by atoms with Crippen molar-refractivity contribution in [2.45, 2.75) is 38.6 Å². The number of amides is 2. The zero-order valence-corrected chi connectivity index (χ0v) is 14.4. The van der Waals surface area contributed by atoms with Gasteiger partial charge in [-0.05, 0) is 37.0 Å². The number of hydrogen-bond acceptors (Lipinski definition) is 3. The summed E-state index contributed by atoms with van der Waals surface area (Å²) in [5.41, 5.74) is 1.13. The molecule has 0 bridgehead atoms. The number of hydrogen-bond donors (Lipinski definition) is 3. The van der Waals surface area contributed by atoms with E-state index in [1.54, 1.807) is 25.2 Å². The molecule has 1 aliphatic carbocycles. The van der Waals surface area contributed by atoms with Crippen molar-refractivity contribution in [1.82, 2.24) is 10.6 Å². The first-order valence-electron chi connectivity index (χ1n) is 8.06. The zero-order valence-electron chi connectivity index (χ0n) is 13.6. The highest BCUT2D eigenvalue weighted by molar-refractivity contribution is 6.34. The third-order valence-corrected chi connectivity index (χ3v) is 4.66. The summed E-state index contributed by atoms with van der Waals surface area (Å²) in [6.45, 7) is 2.38. The molecule has 0 unspecified atom stereocenters. The molecular formula is C17H24ClN3O2. The molecule has 1 aliphatic rings. The standard InChI is InChI=1S/C17H24ClN3O2/c1-11-5-3-4-6-15(11)21-16(22)10-20-12-7-8-13(14(18)9-12)17(23)19-2/h7-9,11,15,20H,3-6,10H2,1-2H3,(H,19,23)(H,21,22)/t11-,15+/m1/s1. The molecule has 1 fully saturated rings. The number of halogens is 1. The lowest BCUT2D eigenvalue weighted by atomic mass is 9.86. The van der Waals surface area contributed by atoms with Crippen molar-refractivity contribution >= 4 is 29.1 Å². The van der Waals surface area contributed by atoms with Crippen LogP contribution in [0, 0.1) is 5.92 Å². The minimum Gasteiger partial charge on any atom is -0.376 e. The second-order valence-electron chi connectivity index (χ2n) is 6.06. The molecule has 1 aromatic rings. The first-order valence-corrected chi connectivity index (χ1v) is 8.44. The van der Waals surface area contributed by atoms with Gasteiger partial charge in [-0.3, -0.25) is 9.59 Å². The lowest BCUT2D eigenvalue weighted by molar-refractivity contribution is -0.120. The number of nitrogens with one attached hydrogen (secondary N) is 3. The van der Waals surface area contributed by atoms with Crippen molar-refractivity contribution in [3.8, 4) is 0 Å². The number of anilines is 1. The number of carbonyl (C=O) groups excluding carboxylic acids is 2. The fourth-order valence-corrected chi connectivity index (χ4v) is 3.18. The summed E-state index contributed by atoms with van der Waals surface area (Å²) in [4.78, 5) is 23.6. The van der Waals surface area contributed by atoms with Crippen LogP contribution >= 0.6 is 11.6 Å².